The van der Waals surface area contributed by atoms with Gasteiger partial charge >= 0.3 is 0 Å². The molecule has 1 atom stereocenters. The Balaban J connectivity index is 1.57. The largest absolute Gasteiger partial charge is 0.369 e. The van der Waals surface area contributed by atoms with Crippen LogP contribution in [0.1, 0.15) is 35.4 Å². The van der Waals surface area contributed by atoms with Gasteiger partial charge in [0.15, 0.2) is 0 Å². The number of amides is 3. The predicted octanol–water partition coefficient (Wildman–Crippen LogP) is 1.32. The molecule has 0 aromatic carbocycles. The zero-order valence-electron chi connectivity index (χ0n) is 13.6. The van der Waals surface area contributed by atoms with Crippen molar-refractivity contribution < 1.29 is 14.4 Å². The van der Waals surface area contributed by atoms with E-state index in [1.54, 1.807) is 4.90 Å². The van der Waals surface area contributed by atoms with Crippen LogP contribution in [0.2, 0.25) is 0 Å². The molecular weight excluding hydrogens is 326 g/mol. The van der Waals surface area contributed by atoms with Gasteiger partial charge < -0.3 is 15.5 Å². The number of rotatable bonds is 3. The van der Waals surface area contributed by atoms with Gasteiger partial charge in [-0.05, 0) is 37.1 Å². The van der Waals surface area contributed by atoms with Crippen molar-refractivity contribution in [1.82, 2.24) is 9.80 Å². The Labute approximate surface area is 145 Å². The highest BCUT2D eigenvalue weighted by molar-refractivity contribution is 7.12. The summed E-state index contributed by atoms with van der Waals surface area (Å²) in [7, 11) is 0. The second-order valence-corrected chi connectivity index (χ2v) is 7.52. The van der Waals surface area contributed by atoms with E-state index in [2.05, 4.69) is 0 Å². The number of carbonyl (C=O) groups is 3. The smallest absolute Gasteiger partial charge is 0.263 e. The maximum absolute atomic E-state index is 12.8. The number of likely N-dealkylation sites (tertiary alicyclic amines) is 2. The van der Waals surface area contributed by atoms with Gasteiger partial charge in [0.25, 0.3) is 5.91 Å². The summed E-state index contributed by atoms with van der Waals surface area (Å²) < 4.78 is 0. The second kappa shape index (κ2) is 7.34. The fourth-order valence-electron chi connectivity index (χ4n) is 3.56. The molecule has 1 aromatic rings. The summed E-state index contributed by atoms with van der Waals surface area (Å²) in [6, 6.07) is 3.69. The van der Waals surface area contributed by atoms with Crippen LogP contribution in [-0.4, -0.2) is 53.7 Å². The molecule has 6 nitrogen and oxygen atoms in total. The molecule has 7 heteroatoms. The van der Waals surface area contributed by atoms with Crippen LogP contribution >= 0.6 is 11.3 Å². The summed E-state index contributed by atoms with van der Waals surface area (Å²) in [4.78, 5) is 40.8. The molecule has 130 valence electrons. The molecule has 0 spiro atoms. The van der Waals surface area contributed by atoms with Gasteiger partial charge in [-0.2, -0.15) is 0 Å². The molecule has 2 fully saturated rings. The van der Waals surface area contributed by atoms with E-state index in [0.717, 1.165) is 17.7 Å². The first-order valence-corrected chi connectivity index (χ1v) is 9.35. The van der Waals surface area contributed by atoms with Crippen molar-refractivity contribution >= 4 is 29.1 Å². The van der Waals surface area contributed by atoms with Crippen LogP contribution in [0.5, 0.6) is 0 Å². The number of hydrogen-bond acceptors (Lipinski definition) is 4. The standard InChI is InChI=1S/C17H23N3O3S/c18-15(21)12-5-8-19(9-6-12)16(22)13-3-1-7-20(11-13)17(23)14-4-2-10-24-14/h2,4,10,12-13H,1,3,5-9,11H2,(H2,18,21). The van der Waals surface area contributed by atoms with Gasteiger partial charge in [0.1, 0.15) is 0 Å². The molecule has 0 bridgehead atoms. The maximum Gasteiger partial charge on any atom is 0.263 e. The van der Waals surface area contributed by atoms with Gasteiger partial charge in [0.05, 0.1) is 10.8 Å². The van der Waals surface area contributed by atoms with Crippen LogP contribution in [0.25, 0.3) is 0 Å². The predicted molar refractivity (Wildman–Crippen MR) is 91.4 cm³/mol. The Morgan fingerprint density at radius 1 is 1.04 bits per heavy atom. The topological polar surface area (TPSA) is 83.7 Å². The van der Waals surface area contributed by atoms with E-state index < -0.39 is 0 Å². The van der Waals surface area contributed by atoms with Crippen molar-refractivity contribution in [1.29, 1.82) is 0 Å². The molecule has 3 amide bonds. The quantitative estimate of drug-likeness (QED) is 0.893. The molecule has 2 aliphatic heterocycles. The summed E-state index contributed by atoms with van der Waals surface area (Å²) in [6.07, 6.45) is 2.96. The van der Waals surface area contributed by atoms with Crippen LogP contribution in [-0.2, 0) is 9.59 Å². The van der Waals surface area contributed by atoms with E-state index >= 15 is 0 Å². The third kappa shape index (κ3) is 3.61. The zero-order chi connectivity index (χ0) is 17.1. The van der Waals surface area contributed by atoms with Crippen molar-refractivity contribution in [3.63, 3.8) is 0 Å². The molecule has 1 unspecified atom stereocenters. The molecule has 24 heavy (non-hydrogen) atoms. The van der Waals surface area contributed by atoms with Crippen molar-refractivity contribution in [2.24, 2.45) is 17.6 Å². The first-order chi connectivity index (χ1) is 11.6. The molecule has 1 aromatic heterocycles. The van der Waals surface area contributed by atoms with E-state index in [0.29, 0.717) is 39.0 Å². The van der Waals surface area contributed by atoms with E-state index in [-0.39, 0.29) is 29.6 Å². The van der Waals surface area contributed by atoms with Gasteiger partial charge in [-0.1, -0.05) is 6.07 Å². The van der Waals surface area contributed by atoms with E-state index in [4.69, 9.17) is 5.73 Å². The third-order valence-electron chi connectivity index (χ3n) is 5.00. The number of primary amides is 1. The minimum atomic E-state index is -0.271. The van der Waals surface area contributed by atoms with Crippen LogP contribution in [0, 0.1) is 11.8 Å². The first-order valence-electron chi connectivity index (χ1n) is 8.47. The number of nitrogens with zero attached hydrogens (tertiary/aromatic N) is 2. The average molecular weight is 349 g/mol. The van der Waals surface area contributed by atoms with Crippen molar-refractivity contribution in [3.8, 4) is 0 Å². The van der Waals surface area contributed by atoms with Gasteiger partial charge in [-0.25, -0.2) is 0 Å². The van der Waals surface area contributed by atoms with Crippen LogP contribution in [0.3, 0.4) is 0 Å². The van der Waals surface area contributed by atoms with Crippen molar-refractivity contribution in [3.05, 3.63) is 22.4 Å². The highest BCUT2D eigenvalue weighted by Gasteiger charge is 2.34. The van der Waals surface area contributed by atoms with E-state index in [9.17, 15) is 14.4 Å². The lowest BCUT2D eigenvalue weighted by Gasteiger charge is -2.37. The summed E-state index contributed by atoms with van der Waals surface area (Å²) in [6.45, 7) is 2.37. The molecular formula is C17H23N3O3S. The Morgan fingerprint density at radius 3 is 2.42 bits per heavy atom. The highest BCUT2D eigenvalue weighted by Crippen LogP contribution is 2.24. The van der Waals surface area contributed by atoms with E-state index in [1.165, 1.54) is 11.3 Å². The normalized spacial score (nSPS) is 22.4. The number of nitrogens with two attached hydrogens (primary N) is 1. The monoisotopic (exact) mass is 349 g/mol. The average Bonchev–Trinajstić information content (AvgIpc) is 3.15. The summed E-state index contributed by atoms with van der Waals surface area (Å²) in [5.41, 5.74) is 5.34. The minimum absolute atomic E-state index is 0.0231. The Morgan fingerprint density at radius 2 is 1.79 bits per heavy atom. The minimum Gasteiger partial charge on any atom is -0.369 e. The lowest BCUT2D eigenvalue weighted by atomic mass is 9.92. The number of piperidine rings is 2. The lowest BCUT2D eigenvalue weighted by molar-refractivity contribution is -0.139. The molecule has 0 aliphatic carbocycles. The van der Waals surface area contributed by atoms with Crippen molar-refractivity contribution in [2.75, 3.05) is 26.2 Å². The summed E-state index contributed by atoms with van der Waals surface area (Å²) >= 11 is 1.43. The fourth-order valence-corrected chi connectivity index (χ4v) is 4.25. The number of carbonyl (C=O) groups excluding carboxylic acids is 3. The molecule has 2 N–H and O–H groups in total. The number of hydrogen-bond donors (Lipinski definition) is 1. The Bertz CT molecular complexity index is 609. The molecule has 3 heterocycles. The highest BCUT2D eigenvalue weighted by atomic mass is 32.1. The Hall–Kier alpha value is -1.89. The van der Waals surface area contributed by atoms with Gasteiger partial charge in [0, 0.05) is 32.1 Å². The van der Waals surface area contributed by atoms with Crippen molar-refractivity contribution in [2.45, 2.75) is 25.7 Å². The molecule has 2 aliphatic rings. The lowest BCUT2D eigenvalue weighted by Crippen LogP contribution is -2.49. The fraction of sp³-hybridized carbons (Fsp3) is 0.588. The van der Waals surface area contributed by atoms with E-state index in [1.807, 2.05) is 22.4 Å². The number of thiophene rings is 1. The Kier molecular flexibility index (Phi) is 5.18. The molecule has 0 saturated carbocycles. The van der Waals surface area contributed by atoms with Gasteiger partial charge in [0.2, 0.25) is 11.8 Å². The first kappa shape index (κ1) is 17.0. The van der Waals surface area contributed by atoms with Gasteiger partial charge in [-0.3, -0.25) is 14.4 Å². The van der Waals surface area contributed by atoms with Crippen LogP contribution < -0.4 is 5.73 Å². The third-order valence-corrected chi connectivity index (χ3v) is 5.86. The summed E-state index contributed by atoms with van der Waals surface area (Å²) in [5, 5.41) is 1.89. The van der Waals surface area contributed by atoms with Crippen LogP contribution in [0.15, 0.2) is 17.5 Å². The molecule has 0 radical (unpaired) electrons. The molecule has 2 saturated heterocycles. The maximum atomic E-state index is 12.8. The molecule has 3 rings (SSSR count). The SMILES string of the molecule is NC(=O)C1CCN(C(=O)C2CCCN(C(=O)c3cccs3)C2)CC1. The van der Waals surface area contributed by atoms with Crippen LogP contribution in [0.4, 0.5) is 0 Å². The van der Waals surface area contributed by atoms with Gasteiger partial charge in [-0.15, -0.1) is 11.3 Å². The zero-order valence-corrected chi connectivity index (χ0v) is 14.5. The summed E-state index contributed by atoms with van der Waals surface area (Å²) in [5.74, 6) is -0.380. The second-order valence-electron chi connectivity index (χ2n) is 6.57.